The Kier molecular flexibility index (Phi) is 7.55. The van der Waals surface area contributed by atoms with Crippen LogP contribution >= 0.6 is 23.1 Å². The van der Waals surface area contributed by atoms with Crippen LogP contribution in [0, 0.1) is 0 Å². The highest BCUT2D eigenvalue weighted by Gasteiger charge is 2.25. The van der Waals surface area contributed by atoms with Crippen LogP contribution in [0.1, 0.15) is 60.2 Å². The molecule has 1 aromatic heterocycles. The first-order chi connectivity index (χ1) is 15.6. The first kappa shape index (κ1) is 22.5. The van der Waals surface area contributed by atoms with E-state index < -0.39 is 5.25 Å². The number of nitrogens with one attached hydrogen (secondary N) is 2. The Balaban J connectivity index is 1.49. The second kappa shape index (κ2) is 10.7. The largest absolute Gasteiger partial charge is 0.357 e. The molecule has 166 valence electrons. The SMILES string of the molecule is CC(=O)c1cccc(NC(=O)C(Sc2nnc(NC3CCCCC3)s2)c2ccccc2)c1. The number of hydrogen-bond donors (Lipinski definition) is 2. The van der Waals surface area contributed by atoms with Gasteiger partial charge in [0, 0.05) is 17.3 Å². The molecule has 0 spiro atoms. The highest BCUT2D eigenvalue weighted by molar-refractivity contribution is 8.02. The number of Topliss-reactive ketones (excluding diaryl/α,β-unsaturated/α-hetero) is 1. The topological polar surface area (TPSA) is 84.0 Å². The molecule has 1 atom stereocenters. The number of thioether (sulfide) groups is 1. The van der Waals surface area contributed by atoms with E-state index >= 15 is 0 Å². The number of anilines is 2. The summed E-state index contributed by atoms with van der Waals surface area (Å²) in [4.78, 5) is 24.9. The molecular formula is C24H26N4O2S2. The minimum absolute atomic E-state index is 0.0399. The number of benzene rings is 2. The van der Waals surface area contributed by atoms with Gasteiger partial charge in [0.25, 0.3) is 0 Å². The number of amides is 1. The standard InChI is InChI=1S/C24H26N4O2S2/c1-16(29)18-11-8-14-20(15-18)25-22(30)21(17-9-4-2-5-10-17)31-24-28-27-23(32-24)26-19-12-6-3-7-13-19/h2,4-5,8-11,14-15,19,21H,3,6-7,12-13H2,1H3,(H,25,30)(H,26,27). The lowest BCUT2D eigenvalue weighted by Gasteiger charge is -2.21. The van der Waals surface area contributed by atoms with Gasteiger partial charge in [-0.2, -0.15) is 0 Å². The third-order valence-corrected chi connectivity index (χ3v) is 7.63. The van der Waals surface area contributed by atoms with Crippen molar-refractivity contribution >= 4 is 45.6 Å². The number of carbonyl (C=O) groups excluding carboxylic acids is 2. The van der Waals surface area contributed by atoms with Crippen molar-refractivity contribution in [2.24, 2.45) is 0 Å². The molecule has 0 aliphatic heterocycles. The van der Waals surface area contributed by atoms with Crippen LogP contribution in [0.25, 0.3) is 0 Å². The zero-order valence-corrected chi connectivity index (χ0v) is 19.5. The van der Waals surface area contributed by atoms with Crippen LogP contribution in [0.4, 0.5) is 10.8 Å². The lowest BCUT2D eigenvalue weighted by Crippen LogP contribution is -2.21. The average molecular weight is 467 g/mol. The van der Waals surface area contributed by atoms with Crippen LogP contribution in [0.15, 0.2) is 58.9 Å². The van der Waals surface area contributed by atoms with Gasteiger partial charge in [0.05, 0.1) is 0 Å². The summed E-state index contributed by atoms with van der Waals surface area (Å²) in [5, 5.41) is 15.4. The molecule has 1 amide bonds. The van der Waals surface area contributed by atoms with Crippen LogP contribution in [-0.2, 0) is 4.79 Å². The van der Waals surface area contributed by atoms with Gasteiger partial charge in [-0.1, -0.05) is 84.8 Å². The predicted molar refractivity (Wildman–Crippen MR) is 131 cm³/mol. The monoisotopic (exact) mass is 466 g/mol. The Hall–Kier alpha value is -2.71. The van der Waals surface area contributed by atoms with Crippen molar-refractivity contribution in [1.29, 1.82) is 0 Å². The van der Waals surface area contributed by atoms with Crippen LogP contribution in [-0.4, -0.2) is 27.9 Å². The van der Waals surface area contributed by atoms with Crippen molar-refractivity contribution in [3.8, 4) is 0 Å². The molecule has 3 aromatic rings. The molecule has 0 radical (unpaired) electrons. The summed E-state index contributed by atoms with van der Waals surface area (Å²) in [6.45, 7) is 1.51. The lowest BCUT2D eigenvalue weighted by atomic mass is 9.96. The van der Waals surface area contributed by atoms with Gasteiger partial charge in [0.2, 0.25) is 11.0 Å². The lowest BCUT2D eigenvalue weighted by molar-refractivity contribution is -0.115. The normalized spacial score (nSPS) is 15.2. The van der Waals surface area contributed by atoms with E-state index in [1.807, 2.05) is 30.3 Å². The number of aromatic nitrogens is 2. The fraction of sp³-hybridized carbons (Fsp3) is 0.333. The molecule has 1 unspecified atom stereocenters. The smallest absolute Gasteiger partial charge is 0.242 e. The van der Waals surface area contributed by atoms with E-state index in [4.69, 9.17) is 0 Å². The van der Waals surface area contributed by atoms with Gasteiger partial charge in [-0.15, -0.1) is 10.2 Å². The Morgan fingerprint density at radius 1 is 1.03 bits per heavy atom. The summed E-state index contributed by atoms with van der Waals surface area (Å²) in [6.07, 6.45) is 6.13. The third-order valence-electron chi connectivity index (χ3n) is 5.43. The van der Waals surface area contributed by atoms with Crippen molar-refractivity contribution in [3.05, 3.63) is 65.7 Å². The van der Waals surface area contributed by atoms with Gasteiger partial charge in [0.15, 0.2) is 10.1 Å². The van der Waals surface area contributed by atoms with E-state index in [0.29, 0.717) is 17.3 Å². The molecule has 0 bridgehead atoms. The van der Waals surface area contributed by atoms with E-state index in [0.717, 1.165) is 27.9 Å². The van der Waals surface area contributed by atoms with Gasteiger partial charge < -0.3 is 10.6 Å². The molecular weight excluding hydrogens is 440 g/mol. The highest BCUT2D eigenvalue weighted by Crippen LogP contribution is 2.39. The van der Waals surface area contributed by atoms with Gasteiger partial charge in [-0.3, -0.25) is 9.59 Å². The van der Waals surface area contributed by atoms with Gasteiger partial charge in [-0.25, -0.2) is 0 Å². The third kappa shape index (κ3) is 5.95. The number of rotatable bonds is 8. The van der Waals surface area contributed by atoms with E-state index in [1.165, 1.54) is 49.3 Å². The second-order valence-electron chi connectivity index (χ2n) is 7.89. The number of hydrogen-bond acceptors (Lipinski definition) is 7. The molecule has 4 rings (SSSR count). The summed E-state index contributed by atoms with van der Waals surface area (Å²) in [5.74, 6) is -0.208. The minimum atomic E-state index is -0.493. The van der Waals surface area contributed by atoms with E-state index in [9.17, 15) is 9.59 Å². The summed E-state index contributed by atoms with van der Waals surface area (Å²) in [6, 6.07) is 17.1. The van der Waals surface area contributed by atoms with E-state index in [-0.39, 0.29) is 11.7 Å². The van der Waals surface area contributed by atoms with Crippen LogP contribution in [0.3, 0.4) is 0 Å². The number of ketones is 1. The molecule has 1 saturated carbocycles. The van der Waals surface area contributed by atoms with Crippen molar-refractivity contribution in [2.45, 2.75) is 54.7 Å². The van der Waals surface area contributed by atoms with Crippen molar-refractivity contribution in [3.63, 3.8) is 0 Å². The Labute approximate surface area is 196 Å². The molecule has 6 nitrogen and oxygen atoms in total. The fourth-order valence-corrected chi connectivity index (χ4v) is 5.78. The van der Waals surface area contributed by atoms with Crippen LogP contribution < -0.4 is 10.6 Å². The molecule has 32 heavy (non-hydrogen) atoms. The fourth-order valence-electron chi connectivity index (χ4n) is 3.76. The molecule has 2 aromatic carbocycles. The molecule has 1 heterocycles. The first-order valence-corrected chi connectivity index (χ1v) is 12.5. The maximum atomic E-state index is 13.2. The minimum Gasteiger partial charge on any atom is -0.357 e. The molecule has 1 fully saturated rings. The van der Waals surface area contributed by atoms with Crippen LogP contribution in [0.2, 0.25) is 0 Å². The maximum absolute atomic E-state index is 13.2. The molecule has 1 aliphatic rings. The number of carbonyl (C=O) groups is 2. The highest BCUT2D eigenvalue weighted by atomic mass is 32.2. The Morgan fingerprint density at radius 2 is 1.81 bits per heavy atom. The summed E-state index contributed by atoms with van der Waals surface area (Å²) in [5.41, 5.74) is 2.05. The Morgan fingerprint density at radius 3 is 2.56 bits per heavy atom. The zero-order valence-electron chi connectivity index (χ0n) is 17.9. The zero-order chi connectivity index (χ0) is 22.3. The molecule has 2 N–H and O–H groups in total. The molecule has 0 saturated heterocycles. The molecule has 8 heteroatoms. The summed E-state index contributed by atoms with van der Waals surface area (Å²) >= 11 is 2.87. The summed E-state index contributed by atoms with van der Waals surface area (Å²) < 4.78 is 0.741. The predicted octanol–water partition coefficient (Wildman–Crippen LogP) is 5.96. The maximum Gasteiger partial charge on any atom is 0.242 e. The van der Waals surface area contributed by atoms with Gasteiger partial charge in [0.1, 0.15) is 5.25 Å². The average Bonchev–Trinajstić information content (AvgIpc) is 3.25. The molecule has 1 aliphatic carbocycles. The van der Waals surface area contributed by atoms with Crippen molar-refractivity contribution in [2.75, 3.05) is 10.6 Å². The second-order valence-corrected chi connectivity index (χ2v) is 10.2. The van der Waals surface area contributed by atoms with Gasteiger partial charge >= 0.3 is 0 Å². The van der Waals surface area contributed by atoms with Gasteiger partial charge in [-0.05, 0) is 37.5 Å². The first-order valence-electron chi connectivity index (χ1n) is 10.8. The summed E-state index contributed by atoms with van der Waals surface area (Å²) in [7, 11) is 0. The quantitative estimate of drug-likeness (QED) is 0.315. The van der Waals surface area contributed by atoms with Crippen LogP contribution in [0.5, 0.6) is 0 Å². The van der Waals surface area contributed by atoms with Crippen molar-refractivity contribution < 1.29 is 9.59 Å². The van der Waals surface area contributed by atoms with E-state index in [1.54, 1.807) is 24.3 Å². The number of nitrogens with zero attached hydrogens (tertiary/aromatic N) is 2. The Bertz CT molecular complexity index is 1060. The van der Waals surface area contributed by atoms with E-state index in [2.05, 4.69) is 20.8 Å². The van der Waals surface area contributed by atoms with Crippen molar-refractivity contribution in [1.82, 2.24) is 10.2 Å².